The van der Waals surface area contributed by atoms with Gasteiger partial charge in [-0.05, 0) is 106 Å². The fourth-order valence-electron chi connectivity index (χ4n) is 12.8. The highest BCUT2D eigenvalue weighted by atomic mass is 19.1. The van der Waals surface area contributed by atoms with Crippen molar-refractivity contribution >= 4 is 27.6 Å². The van der Waals surface area contributed by atoms with Gasteiger partial charge in [0.2, 0.25) is 11.4 Å². The van der Waals surface area contributed by atoms with Crippen molar-refractivity contribution in [1.29, 1.82) is 0 Å². The zero-order chi connectivity index (χ0) is 116. The van der Waals surface area contributed by atoms with E-state index < -0.39 is 28.3 Å². The number of hydrogen-bond donors (Lipinski definition) is 1. The molecule has 0 spiro atoms. The first kappa shape index (κ1) is 26.5. The Kier molecular flexibility index (Phi) is 6.74. The summed E-state index contributed by atoms with van der Waals surface area (Å²) < 4.78 is 370. The molecule has 77 heavy (non-hydrogen) atoms. The number of halogens is 4. The largest absolute Gasteiger partial charge is 0.523 e. The van der Waals surface area contributed by atoms with Crippen LogP contribution in [0.4, 0.5) is 17.6 Å². The summed E-state index contributed by atoms with van der Waals surface area (Å²) in [5.41, 5.74) is 6.82. The third kappa shape index (κ3) is 8.42. The van der Waals surface area contributed by atoms with E-state index in [4.69, 9.17) is 125 Å². The first-order chi connectivity index (χ1) is 67.4. The normalized spacial score (nSPS) is 25.5. The van der Waals surface area contributed by atoms with Gasteiger partial charge in [-0.2, -0.15) is 0 Å². The highest BCUT2D eigenvalue weighted by Gasteiger charge is 2.51. The highest BCUT2D eigenvalue weighted by Crippen LogP contribution is 2.55. The molecule has 4 aliphatic rings. The van der Waals surface area contributed by atoms with E-state index in [1.807, 2.05) is 32.9 Å². The third-order valence-corrected chi connectivity index (χ3v) is 16.5. The standard InChI is InChI=1S/C31H26F2N4O.C31H24F2N4O.CH4.32H2/c2*1-16-14-21(18-9-7-11-24(33)27(18)35-16)30-36-26(19-8-5-6-10-23(19)32)20-12-13-22-17(2)28(38)25(34-4)15-31(22,3)29(20)37-30;;;;;;;;;;;;;;;;;;;;;;;;;;;;;;;;;/h5-11,14,17,22,38H,12-13,15H2,1-3H3;5-11,14-15,17,22H,12-13H2,1-3H3;1H4;32*1H/t2*17-,22-,31-;;;;;;;;;;;;;;;;;;;;;;;;;;;;;;;;;/m11................................./s1/i;;;31*1+2T;1+2. The summed E-state index contributed by atoms with van der Waals surface area (Å²) in [5.74, 6) is -1.57. The molecule has 4 aliphatic carbocycles. The molecule has 1 N–H and O–H groups in total. The molecule has 0 bridgehead atoms. The summed E-state index contributed by atoms with van der Waals surface area (Å²) in [7, 11) is 0. The van der Waals surface area contributed by atoms with Gasteiger partial charge in [0.25, 0.3) is 0 Å². The lowest BCUT2D eigenvalue weighted by molar-refractivity contribution is -0.121. The van der Waals surface area contributed by atoms with Crippen LogP contribution in [-0.4, -0.2) is 40.8 Å². The number of pyridine rings is 2. The lowest BCUT2D eigenvalue weighted by Gasteiger charge is -2.48. The number of para-hydroxylation sites is 2. The molecule has 4 heterocycles. The van der Waals surface area contributed by atoms with Crippen LogP contribution < -0.4 is 0 Å². The second-order valence-corrected chi connectivity index (χ2v) is 21.0. The maximum absolute atomic E-state index is 15.2. The molecule has 4 aromatic carbocycles. The molecule has 4 aromatic heterocycles. The summed E-state index contributed by atoms with van der Waals surface area (Å²) >= 11 is 0. The number of nitrogens with zero attached hydrogens (tertiary/aromatic N) is 8. The van der Waals surface area contributed by atoms with Crippen LogP contribution in [-0.2, 0) is 28.5 Å². The smallest absolute Gasteiger partial charge is 0.226 e. The maximum atomic E-state index is 15.2. The molecular formula is C63H118F4N8O2. The summed E-state index contributed by atoms with van der Waals surface area (Å²) in [6, 6.07) is 26.2. The van der Waals surface area contributed by atoms with E-state index in [2.05, 4.69) is 26.6 Å². The quantitative estimate of drug-likeness (QED) is 0.137. The van der Waals surface area contributed by atoms with E-state index >= 15 is 8.78 Å². The number of carbonyl (C=O) groups is 1. The van der Waals surface area contributed by atoms with Gasteiger partial charge in [0, 0.05) is 172 Å². The molecule has 0 saturated carbocycles. The zero-order valence-corrected chi connectivity index (χ0v) is 42.6. The van der Waals surface area contributed by atoms with Crippen LogP contribution in [0.2, 0.25) is 0 Å². The molecule has 12 rings (SSSR count). The van der Waals surface area contributed by atoms with Crippen molar-refractivity contribution in [2.24, 2.45) is 23.7 Å². The van der Waals surface area contributed by atoms with E-state index in [0.29, 0.717) is 105 Å². The van der Waals surface area contributed by atoms with Crippen LogP contribution in [0.3, 0.4) is 0 Å². The number of aliphatic hydroxyl groups excluding tert-OH is 1. The Morgan fingerprint density at radius 1 is 0.623 bits per heavy atom. The predicted octanol–water partition coefficient (Wildman–Crippen LogP) is 22.8. The average Bonchev–Trinajstić information content (AvgIpc) is 0.721. The molecular weight excluding hydrogens is 977 g/mol. The van der Waals surface area contributed by atoms with Crippen LogP contribution in [0.25, 0.3) is 76.8 Å². The van der Waals surface area contributed by atoms with Crippen molar-refractivity contribution in [2.75, 3.05) is 0 Å². The van der Waals surface area contributed by atoms with Gasteiger partial charge >= 0.3 is 0 Å². The van der Waals surface area contributed by atoms with Crippen molar-refractivity contribution in [2.45, 2.75) is 91.9 Å². The number of hydrogen-bond acceptors (Lipinski definition) is 8. The molecule has 0 unspecified atom stereocenters. The van der Waals surface area contributed by atoms with E-state index in [9.17, 15) is 18.7 Å². The van der Waals surface area contributed by atoms with Gasteiger partial charge in [-0.1, -0.05) is 89.7 Å². The Morgan fingerprint density at radius 3 is 1.61 bits per heavy atom. The molecule has 8 aromatic rings. The van der Waals surface area contributed by atoms with Crippen molar-refractivity contribution in [1.82, 2.24) is 29.9 Å². The van der Waals surface area contributed by atoms with Crippen molar-refractivity contribution in [3.63, 3.8) is 0 Å². The number of aliphatic hydroxyl groups is 1. The van der Waals surface area contributed by atoms with Gasteiger partial charge in [-0.25, -0.2) is 57.2 Å². The number of aryl methyl sites for hydroxylation is 2. The SMILES string of the molecule is C.[3HH].[3H][3H].[3H][3H].[3H][3H].[3H][3H].[3H][3H].[3H][3H].[3H][3H].[3H][3H].[3H][3H].[3H][3H].[3H][3H].[3H][3H].[3H][3H].[3H][3H].[3H][3H].[3H][3H].[3H][3H].[3H][3H].[3H][3H].[3H][3H].[3H][3H].[3H][3H].[3H][3H].[3H][3H].[3H][3H].[3H][3H].[3H][3H].[3H][3H].[3H][3H].[3H][3H].[3H][3H].[C-]#[N+]C1=C(O)[C@H](C)[C@H]2CCc3c(-c4ccccc4F)nc(-c4cc(C)nc5c(F)cccc45)nc3[C@]2(C)C1.[C-]#[N+]C1=C[C@@]2(C)c3nc(-c4cc(C)nc5c(F)cccc45)nc(-c4ccccc4F)c3CC[C@@H]2[C@@H](C)C1=O. The molecule has 0 aliphatic heterocycles. The lowest BCUT2D eigenvalue weighted by Crippen LogP contribution is -2.46. The van der Waals surface area contributed by atoms with Gasteiger partial charge in [-0.15, -0.1) is 0 Å². The fraction of sp³-hybridized carbons (Fsp3) is 0.286. The highest BCUT2D eigenvalue weighted by molar-refractivity contribution is 6.00. The van der Waals surface area contributed by atoms with E-state index in [-0.39, 0.29) is 66.6 Å². The average molecular weight is 1220 g/mol. The monoisotopic (exact) mass is 1220 g/mol. The number of Topliss-reactive ketones (excluding diaryl/α,β-unsaturated/α-hetero) is 1. The van der Waals surface area contributed by atoms with Gasteiger partial charge < -0.3 is 9.90 Å². The number of benzene rings is 4. The minimum atomic E-state index is -0.735. The number of fused-ring (bicyclic) bond motifs is 8. The van der Waals surface area contributed by atoms with Crippen molar-refractivity contribution < 1.29 is 121 Å². The van der Waals surface area contributed by atoms with E-state index in [1.165, 1.54) is 24.3 Å². The first-order valence-corrected chi connectivity index (χ1v) is 25.3. The molecule has 14 heteroatoms. The van der Waals surface area contributed by atoms with E-state index in [0.717, 1.165) is 23.2 Å². The summed E-state index contributed by atoms with van der Waals surface area (Å²) in [6.07, 6.45) is 4.71. The molecule has 0 saturated heterocycles. The van der Waals surface area contributed by atoms with Crippen LogP contribution in [0.5, 0.6) is 0 Å². The van der Waals surface area contributed by atoms with Gasteiger partial charge in [0.1, 0.15) is 34.3 Å². The Balaban J connectivity index is -0.0000000595. The van der Waals surface area contributed by atoms with Crippen LogP contribution in [0.15, 0.2) is 120 Å². The Labute approximate surface area is 541 Å². The Morgan fingerprint density at radius 2 is 1.10 bits per heavy atom. The molecule has 10 nitrogen and oxygen atoms in total. The zero-order valence-electron chi connectivity index (χ0n) is 105. The van der Waals surface area contributed by atoms with E-state index in [1.54, 1.807) is 80.6 Å². The van der Waals surface area contributed by atoms with Crippen LogP contribution >= 0.6 is 0 Å². The number of carbonyl (C=O) groups excluding carboxylic acids is 1. The molecule has 450 valence electrons. The van der Waals surface area contributed by atoms with Crippen LogP contribution in [0, 0.1) is 73.9 Å². The Hall–Kier alpha value is -8.49. The Bertz CT molecular complexity index is 4090. The number of ketones is 1. The van der Waals surface area contributed by atoms with Crippen molar-refractivity contribution in [3.8, 4) is 45.3 Å². The summed E-state index contributed by atoms with van der Waals surface area (Å²) in [5, 5.41) is 11.9. The predicted molar refractivity (Wildman–Crippen MR) is 357 cm³/mol. The number of aromatic nitrogens is 6. The van der Waals surface area contributed by atoms with Crippen molar-refractivity contribution in [3.05, 3.63) is 200 Å². The topological polar surface area (TPSA) is 123 Å². The third-order valence-electron chi connectivity index (χ3n) is 16.5. The lowest BCUT2D eigenvalue weighted by atomic mass is 9.57. The van der Waals surface area contributed by atoms with Gasteiger partial charge in [0.05, 0.1) is 41.7 Å². The second-order valence-electron chi connectivity index (χ2n) is 21.0. The molecule has 0 fully saturated rings. The fourth-order valence-corrected chi connectivity index (χ4v) is 12.8. The molecule has 6 atom stereocenters. The maximum Gasteiger partial charge on any atom is 0.226 e. The number of allylic oxidation sites excluding steroid dienone is 4. The summed E-state index contributed by atoms with van der Waals surface area (Å²) in [6.45, 7) is 26.8. The second kappa shape index (κ2) is 19.6. The molecule has 0 amide bonds. The summed E-state index contributed by atoms with van der Waals surface area (Å²) in [4.78, 5) is 48.9. The minimum absolute atomic E-state index is 0. The van der Waals surface area contributed by atoms with Crippen LogP contribution in [0.1, 0.15) is 182 Å². The number of rotatable bonds is 4. The minimum Gasteiger partial charge on any atom is -0.523 e. The van der Waals surface area contributed by atoms with Gasteiger partial charge in [-0.3, -0.25) is 0 Å². The first-order valence-electron chi connectivity index (χ1n) is 56.3. The molecule has 0 radical (unpaired) electrons. The van der Waals surface area contributed by atoms with Gasteiger partial charge in [0.15, 0.2) is 17.4 Å².